The second-order valence-electron chi connectivity index (χ2n) is 5.66. The molecule has 0 atom stereocenters. The molecule has 4 nitrogen and oxygen atoms in total. The van der Waals surface area contributed by atoms with Crippen LogP contribution in [0.25, 0.3) is 0 Å². The van der Waals surface area contributed by atoms with Crippen LogP contribution in [0.15, 0.2) is 47.6 Å². The van der Waals surface area contributed by atoms with E-state index < -0.39 is 0 Å². The van der Waals surface area contributed by atoms with E-state index in [1.165, 1.54) is 17.7 Å². The summed E-state index contributed by atoms with van der Waals surface area (Å²) >= 11 is 5.26. The Morgan fingerprint density at radius 3 is 2.71 bits per heavy atom. The Kier molecular flexibility index (Phi) is 4.66. The fraction of sp³-hybridized carbons (Fsp3) is 0.167. The first-order valence-corrected chi connectivity index (χ1v) is 7.96. The molecule has 0 radical (unpaired) electrons. The first-order chi connectivity index (χ1) is 11.5. The van der Waals surface area contributed by atoms with Crippen molar-refractivity contribution in [2.24, 2.45) is 5.10 Å². The number of halogens is 1. The van der Waals surface area contributed by atoms with Gasteiger partial charge in [0.1, 0.15) is 5.82 Å². The zero-order valence-electron chi connectivity index (χ0n) is 13.5. The number of aryl methyl sites for hydroxylation is 2. The third kappa shape index (κ3) is 3.65. The van der Waals surface area contributed by atoms with Gasteiger partial charge in [-0.1, -0.05) is 35.9 Å². The molecule has 122 valence electrons. The van der Waals surface area contributed by atoms with Crippen LogP contribution in [-0.2, 0) is 6.42 Å². The topological polar surface area (TPSA) is 46.0 Å². The van der Waals surface area contributed by atoms with E-state index in [-0.39, 0.29) is 5.82 Å². The van der Waals surface area contributed by atoms with E-state index in [9.17, 15) is 4.39 Å². The van der Waals surface area contributed by atoms with Gasteiger partial charge in [0.25, 0.3) is 0 Å². The van der Waals surface area contributed by atoms with Crippen LogP contribution in [0, 0.1) is 24.4 Å². The van der Waals surface area contributed by atoms with Gasteiger partial charge in [-0.15, -0.1) is 0 Å². The largest absolute Gasteiger partial charge is 0.250 e. The molecule has 0 amide bonds. The number of rotatable bonds is 4. The van der Waals surface area contributed by atoms with Crippen LogP contribution in [0.3, 0.4) is 0 Å². The molecule has 24 heavy (non-hydrogen) atoms. The van der Waals surface area contributed by atoms with Crippen molar-refractivity contribution < 1.29 is 4.39 Å². The summed E-state index contributed by atoms with van der Waals surface area (Å²) < 4.78 is 15.0. The number of nitrogens with one attached hydrogen (secondary N) is 1. The number of hydrogen-bond acceptors (Lipinski definition) is 3. The molecule has 0 aliphatic heterocycles. The fourth-order valence-electron chi connectivity index (χ4n) is 2.36. The van der Waals surface area contributed by atoms with Gasteiger partial charge in [-0.05, 0) is 54.9 Å². The monoisotopic (exact) mass is 340 g/mol. The molecule has 1 heterocycles. The second-order valence-corrected chi connectivity index (χ2v) is 6.05. The van der Waals surface area contributed by atoms with Gasteiger partial charge in [0.2, 0.25) is 4.77 Å². The van der Waals surface area contributed by atoms with Gasteiger partial charge in [-0.3, -0.25) is 5.10 Å². The molecule has 0 unspecified atom stereocenters. The van der Waals surface area contributed by atoms with Gasteiger partial charge in [0, 0.05) is 6.42 Å². The fourth-order valence-corrected chi connectivity index (χ4v) is 2.56. The molecule has 1 N–H and O–H groups in total. The first kappa shape index (κ1) is 16.3. The Hall–Kier alpha value is -2.60. The number of benzene rings is 2. The molecule has 0 fully saturated rings. The molecule has 0 aliphatic rings. The highest BCUT2D eigenvalue weighted by atomic mass is 32.1. The van der Waals surface area contributed by atoms with Crippen LogP contribution in [-0.4, -0.2) is 21.1 Å². The number of nitrogens with zero attached hydrogens (tertiary/aromatic N) is 3. The maximum Gasteiger partial charge on any atom is 0.216 e. The van der Waals surface area contributed by atoms with E-state index in [4.69, 9.17) is 12.2 Å². The average Bonchev–Trinajstić information content (AvgIpc) is 2.90. The van der Waals surface area contributed by atoms with E-state index in [1.807, 2.05) is 13.8 Å². The minimum Gasteiger partial charge on any atom is -0.250 e. The maximum atomic E-state index is 13.0. The van der Waals surface area contributed by atoms with Crippen LogP contribution in [0.5, 0.6) is 0 Å². The molecule has 0 saturated carbocycles. The number of H-pyrrole nitrogens is 1. The number of aromatic amines is 1. The summed E-state index contributed by atoms with van der Waals surface area (Å²) in [6.07, 6.45) is 2.29. The number of aromatic nitrogens is 3. The van der Waals surface area contributed by atoms with Crippen molar-refractivity contribution >= 4 is 18.4 Å². The third-order valence-electron chi connectivity index (χ3n) is 3.74. The van der Waals surface area contributed by atoms with Crippen LogP contribution >= 0.6 is 12.2 Å². The van der Waals surface area contributed by atoms with Crippen LogP contribution in [0.2, 0.25) is 0 Å². The van der Waals surface area contributed by atoms with Gasteiger partial charge >= 0.3 is 0 Å². The van der Waals surface area contributed by atoms with Gasteiger partial charge in [-0.25, -0.2) is 4.39 Å². The quantitative estimate of drug-likeness (QED) is 0.572. The van der Waals surface area contributed by atoms with Gasteiger partial charge < -0.3 is 0 Å². The van der Waals surface area contributed by atoms with Crippen molar-refractivity contribution in [3.8, 4) is 0 Å². The van der Waals surface area contributed by atoms with Crippen molar-refractivity contribution in [2.45, 2.75) is 20.3 Å². The zero-order chi connectivity index (χ0) is 17.1. The average molecular weight is 340 g/mol. The number of hydrogen-bond donors (Lipinski definition) is 1. The molecular weight excluding hydrogens is 323 g/mol. The minimum absolute atomic E-state index is 0.259. The summed E-state index contributed by atoms with van der Waals surface area (Å²) in [6.45, 7) is 4.08. The van der Waals surface area contributed by atoms with Crippen molar-refractivity contribution in [3.05, 3.63) is 81.1 Å². The van der Waals surface area contributed by atoms with E-state index in [1.54, 1.807) is 23.0 Å². The van der Waals surface area contributed by atoms with E-state index >= 15 is 0 Å². The van der Waals surface area contributed by atoms with E-state index in [0.717, 1.165) is 16.7 Å². The minimum atomic E-state index is -0.259. The first-order valence-electron chi connectivity index (χ1n) is 7.55. The van der Waals surface area contributed by atoms with Gasteiger partial charge in [-0.2, -0.15) is 14.9 Å². The standard InChI is InChI=1S/C18H17FN4S/c1-12-3-4-13(2)15(9-12)11-20-23-17(21-22-18(23)24)10-14-5-7-16(19)8-6-14/h3-9,11H,10H2,1-2H3,(H,22,24)/b20-11-. The van der Waals surface area contributed by atoms with Gasteiger partial charge in [0.15, 0.2) is 5.82 Å². The highest BCUT2D eigenvalue weighted by Crippen LogP contribution is 2.11. The highest BCUT2D eigenvalue weighted by molar-refractivity contribution is 7.71. The molecule has 0 saturated heterocycles. The third-order valence-corrected chi connectivity index (χ3v) is 4.00. The molecule has 3 rings (SSSR count). The van der Waals surface area contributed by atoms with Crippen LogP contribution in [0.1, 0.15) is 28.1 Å². The van der Waals surface area contributed by atoms with E-state index in [0.29, 0.717) is 17.0 Å². The summed E-state index contributed by atoms with van der Waals surface area (Å²) in [5.74, 6) is 0.415. The Morgan fingerprint density at radius 1 is 1.21 bits per heavy atom. The zero-order valence-corrected chi connectivity index (χ0v) is 14.3. The molecular formula is C18H17FN4S. The summed E-state index contributed by atoms with van der Waals surface area (Å²) in [7, 11) is 0. The predicted molar refractivity (Wildman–Crippen MR) is 95.5 cm³/mol. The Bertz CT molecular complexity index is 938. The van der Waals surface area contributed by atoms with Crippen molar-refractivity contribution in [2.75, 3.05) is 0 Å². The molecule has 0 bridgehead atoms. The highest BCUT2D eigenvalue weighted by Gasteiger charge is 2.07. The lowest BCUT2D eigenvalue weighted by Gasteiger charge is -2.03. The smallest absolute Gasteiger partial charge is 0.216 e. The van der Waals surface area contributed by atoms with Crippen molar-refractivity contribution in [1.82, 2.24) is 14.9 Å². The summed E-state index contributed by atoms with van der Waals surface area (Å²) in [4.78, 5) is 0. The molecule has 6 heteroatoms. The maximum absolute atomic E-state index is 13.0. The van der Waals surface area contributed by atoms with Gasteiger partial charge in [0.05, 0.1) is 6.21 Å². The Labute approximate surface area is 144 Å². The van der Waals surface area contributed by atoms with Crippen LogP contribution in [0.4, 0.5) is 4.39 Å². The normalized spacial score (nSPS) is 11.3. The lowest BCUT2D eigenvalue weighted by molar-refractivity contribution is 0.627. The Morgan fingerprint density at radius 2 is 1.96 bits per heavy atom. The molecule has 0 aliphatic carbocycles. The summed E-state index contributed by atoms with van der Waals surface area (Å²) in [6, 6.07) is 12.5. The van der Waals surface area contributed by atoms with Crippen LogP contribution < -0.4 is 0 Å². The molecule has 0 spiro atoms. The van der Waals surface area contributed by atoms with Crippen molar-refractivity contribution in [3.63, 3.8) is 0 Å². The lowest BCUT2D eigenvalue weighted by Crippen LogP contribution is -2.01. The molecule has 1 aromatic heterocycles. The summed E-state index contributed by atoms with van der Waals surface area (Å²) in [5.41, 5.74) is 4.28. The molecule has 3 aromatic rings. The summed E-state index contributed by atoms with van der Waals surface area (Å²) in [5, 5.41) is 11.5. The molecule has 2 aromatic carbocycles. The SMILES string of the molecule is Cc1ccc(C)c(/C=N\n2c(Cc3ccc(F)cc3)n[nH]c2=S)c1. The Balaban J connectivity index is 1.90. The lowest BCUT2D eigenvalue weighted by atomic mass is 10.1. The second kappa shape index (κ2) is 6.88. The van der Waals surface area contributed by atoms with E-state index in [2.05, 4.69) is 33.5 Å². The predicted octanol–water partition coefficient (Wildman–Crippen LogP) is 4.17. The van der Waals surface area contributed by atoms with Crippen molar-refractivity contribution in [1.29, 1.82) is 0 Å².